The minimum absolute atomic E-state index is 0.157. The van der Waals surface area contributed by atoms with Crippen molar-refractivity contribution in [3.63, 3.8) is 0 Å². The third kappa shape index (κ3) is 6.09. The van der Waals surface area contributed by atoms with Gasteiger partial charge in [0.15, 0.2) is 0 Å². The molecule has 1 saturated carbocycles. The molecule has 5 heteroatoms. The van der Waals surface area contributed by atoms with E-state index in [2.05, 4.69) is 17.6 Å². The van der Waals surface area contributed by atoms with Crippen LogP contribution in [0, 0.1) is 5.92 Å². The number of nitrogens with one attached hydrogen (secondary N) is 2. The molecule has 20 heavy (non-hydrogen) atoms. The second-order valence-corrected chi connectivity index (χ2v) is 7.00. The first-order valence-corrected chi connectivity index (χ1v) is 7.59. The smallest absolute Gasteiger partial charge is 0.407 e. The van der Waals surface area contributed by atoms with Crippen LogP contribution in [0.15, 0.2) is 0 Å². The number of ether oxygens (including phenoxy) is 1. The molecule has 2 unspecified atom stereocenters. The zero-order chi connectivity index (χ0) is 15.2. The zero-order valence-corrected chi connectivity index (χ0v) is 13.3. The van der Waals surface area contributed by atoms with Crippen LogP contribution in [0.3, 0.4) is 0 Å². The summed E-state index contributed by atoms with van der Waals surface area (Å²) in [6.07, 6.45) is 3.98. The highest BCUT2D eigenvalue weighted by Crippen LogP contribution is 2.31. The predicted molar refractivity (Wildman–Crippen MR) is 79.7 cm³/mol. The van der Waals surface area contributed by atoms with Crippen LogP contribution >= 0.6 is 0 Å². The van der Waals surface area contributed by atoms with E-state index < -0.39 is 11.7 Å². The van der Waals surface area contributed by atoms with Crippen LogP contribution in [-0.4, -0.2) is 42.0 Å². The first-order chi connectivity index (χ1) is 9.26. The SMILES string of the molecule is CC1CCCC(CO)(NCCNC(=O)OC(C)(C)C)C1. The van der Waals surface area contributed by atoms with Crippen molar-refractivity contribution < 1.29 is 14.6 Å². The largest absolute Gasteiger partial charge is 0.444 e. The van der Waals surface area contributed by atoms with Gasteiger partial charge < -0.3 is 20.5 Å². The monoisotopic (exact) mass is 286 g/mol. The third-order valence-electron chi connectivity index (χ3n) is 3.69. The summed E-state index contributed by atoms with van der Waals surface area (Å²) < 4.78 is 5.17. The van der Waals surface area contributed by atoms with Crippen molar-refractivity contribution >= 4 is 6.09 Å². The minimum atomic E-state index is -0.470. The number of alkyl carbamates (subject to hydrolysis) is 1. The Labute approximate surface area is 122 Å². The van der Waals surface area contributed by atoms with Crippen molar-refractivity contribution in [2.45, 2.75) is 64.5 Å². The Morgan fingerprint density at radius 3 is 2.65 bits per heavy atom. The van der Waals surface area contributed by atoms with E-state index in [0.29, 0.717) is 19.0 Å². The van der Waals surface area contributed by atoms with Gasteiger partial charge in [0.25, 0.3) is 0 Å². The molecule has 0 aromatic rings. The van der Waals surface area contributed by atoms with Gasteiger partial charge in [0, 0.05) is 18.6 Å². The molecule has 5 nitrogen and oxygen atoms in total. The summed E-state index contributed by atoms with van der Waals surface area (Å²) in [6.45, 7) is 9.06. The number of aliphatic hydroxyl groups is 1. The quantitative estimate of drug-likeness (QED) is 0.676. The zero-order valence-electron chi connectivity index (χ0n) is 13.3. The van der Waals surface area contributed by atoms with Crippen molar-refractivity contribution in [2.75, 3.05) is 19.7 Å². The lowest BCUT2D eigenvalue weighted by molar-refractivity contribution is 0.0522. The normalized spacial score (nSPS) is 27.1. The van der Waals surface area contributed by atoms with Gasteiger partial charge in [-0.15, -0.1) is 0 Å². The lowest BCUT2D eigenvalue weighted by Crippen LogP contribution is -2.53. The molecule has 2 atom stereocenters. The first kappa shape index (κ1) is 17.2. The maximum absolute atomic E-state index is 11.5. The first-order valence-electron chi connectivity index (χ1n) is 7.59. The highest BCUT2D eigenvalue weighted by atomic mass is 16.6. The van der Waals surface area contributed by atoms with Crippen molar-refractivity contribution in [3.05, 3.63) is 0 Å². The van der Waals surface area contributed by atoms with Crippen molar-refractivity contribution in [1.82, 2.24) is 10.6 Å². The van der Waals surface area contributed by atoms with Gasteiger partial charge in [-0.3, -0.25) is 0 Å². The number of carbonyl (C=O) groups excluding carboxylic acids is 1. The molecule has 0 spiro atoms. The van der Waals surface area contributed by atoms with Crippen LogP contribution in [0.1, 0.15) is 53.4 Å². The molecule has 0 aromatic carbocycles. The second-order valence-electron chi connectivity index (χ2n) is 7.00. The summed E-state index contributed by atoms with van der Waals surface area (Å²) in [7, 11) is 0. The lowest BCUT2D eigenvalue weighted by Gasteiger charge is -2.39. The van der Waals surface area contributed by atoms with Gasteiger partial charge in [0.2, 0.25) is 0 Å². The Bertz CT molecular complexity index is 315. The maximum Gasteiger partial charge on any atom is 0.407 e. The molecule has 3 N–H and O–H groups in total. The molecule has 0 radical (unpaired) electrons. The average Bonchev–Trinajstić information content (AvgIpc) is 2.33. The van der Waals surface area contributed by atoms with Crippen LogP contribution < -0.4 is 10.6 Å². The summed E-state index contributed by atoms with van der Waals surface area (Å²) in [4.78, 5) is 11.5. The number of carbonyl (C=O) groups is 1. The standard InChI is InChI=1S/C15H30N2O3/c1-12-6-5-7-15(10-12,11-18)17-9-8-16-13(19)20-14(2,3)4/h12,17-18H,5-11H2,1-4H3,(H,16,19). The van der Waals surface area contributed by atoms with E-state index >= 15 is 0 Å². The summed E-state index contributed by atoms with van der Waals surface area (Å²) in [5.74, 6) is 0.641. The maximum atomic E-state index is 11.5. The fraction of sp³-hybridized carbons (Fsp3) is 0.933. The predicted octanol–water partition coefficient (Wildman–Crippen LogP) is 2.04. The molecule has 0 heterocycles. The van der Waals surface area contributed by atoms with Gasteiger partial charge in [-0.1, -0.05) is 19.8 Å². The van der Waals surface area contributed by atoms with Gasteiger partial charge in [0.05, 0.1) is 6.61 Å². The molecule has 1 aliphatic carbocycles. The van der Waals surface area contributed by atoms with Crippen molar-refractivity contribution in [1.29, 1.82) is 0 Å². The topological polar surface area (TPSA) is 70.6 Å². The van der Waals surface area contributed by atoms with E-state index in [4.69, 9.17) is 4.74 Å². The number of amides is 1. The molecule has 0 saturated heterocycles. The fourth-order valence-electron chi connectivity index (χ4n) is 2.83. The van der Waals surface area contributed by atoms with E-state index in [0.717, 1.165) is 19.3 Å². The molecule has 0 bridgehead atoms. The number of aliphatic hydroxyl groups excluding tert-OH is 1. The third-order valence-corrected chi connectivity index (χ3v) is 3.69. The molecule has 0 aliphatic heterocycles. The van der Waals surface area contributed by atoms with E-state index in [1.54, 1.807) is 0 Å². The van der Waals surface area contributed by atoms with Gasteiger partial charge in [0.1, 0.15) is 5.60 Å². The van der Waals surface area contributed by atoms with Crippen LogP contribution in [-0.2, 0) is 4.74 Å². The molecule has 1 fully saturated rings. The Morgan fingerprint density at radius 1 is 1.40 bits per heavy atom. The molecule has 0 aromatic heterocycles. The van der Waals surface area contributed by atoms with Crippen LogP contribution in [0.25, 0.3) is 0 Å². The Hall–Kier alpha value is -0.810. The van der Waals surface area contributed by atoms with E-state index in [1.165, 1.54) is 6.42 Å². The number of rotatable bonds is 5. The Kier molecular flexibility index (Phi) is 6.27. The summed E-state index contributed by atoms with van der Waals surface area (Å²) in [6, 6.07) is 0. The average molecular weight is 286 g/mol. The molecule has 1 aliphatic rings. The lowest BCUT2D eigenvalue weighted by atomic mass is 9.77. The molecule has 1 rings (SSSR count). The number of hydrogen-bond donors (Lipinski definition) is 3. The Morgan fingerprint density at radius 2 is 2.10 bits per heavy atom. The summed E-state index contributed by atoms with van der Waals surface area (Å²) in [5.41, 5.74) is -0.643. The van der Waals surface area contributed by atoms with Crippen LogP contribution in [0.5, 0.6) is 0 Å². The summed E-state index contributed by atoms with van der Waals surface area (Å²) in [5, 5.41) is 15.8. The number of hydrogen-bond acceptors (Lipinski definition) is 4. The van der Waals surface area contributed by atoms with Crippen LogP contribution in [0.2, 0.25) is 0 Å². The van der Waals surface area contributed by atoms with Gasteiger partial charge in [-0.05, 0) is 39.5 Å². The molecule has 118 valence electrons. The fourth-order valence-corrected chi connectivity index (χ4v) is 2.83. The van der Waals surface area contributed by atoms with E-state index in [1.807, 2.05) is 20.8 Å². The van der Waals surface area contributed by atoms with Gasteiger partial charge in [-0.25, -0.2) is 4.79 Å². The van der Waals surface area contributed by atoms with E-state index in [-0.39, 0.29) is 12.1 Å². The van der Waals surface area contributed by atoms with Crippen LogP contribution in [0.4, 0.5) is 4.79 Å². The van der Waals surface area contributed by atoms with Crippen molar-refractivity contribution in [2.24, 2.45) is 5.92 Å². The summed E-state index contributed by atoms with van der Waals surface area (Å²) >= 11 is 0. The second kappa shape index (κ2) is 7.27. The Balaban J connectivity index is 2.27. The molecular weight excluding hydrogens is 256 g/mol. The molecular formula is C15H30N2O3. The highest BCUT2D eigenvalue weighted by Gasteiger charge is 2.33. The molecule has 1 amide bonds. The van der Waals surface area contributed by atoms with Crippen molar-refractivity contribution in [3.8, 4) is 0 Å². The van der Waals surface area contributed by atoms with E-state index in [9.17, 15) is 9.90 Å². The highest BCUT2D eigenvalue weighted by molar-refractivity contribution is 5.67. The van der Waals surface area contributed by atoms with Gasteiger partial charge in [-0.2, -0.15) is 0 Å². The minimum Gasteiger partial charge on any atom is -0.444 e. The van der Waals surface area contributed by atoms with Gasteiger partial charge >= 0.3 is 6.09 Å².